The molecule has 8 heteroatoms. The van der Waals surface area contributed by atoms with Gasteiger partial charge < -0.3 is 14.4 Å². The van der Waals surface area contributed by atoms with Crippen molar-refractivity contribution in [2.75, 3.05) is 23.5 Å². The van der Waals surface area contributed by atoms with Gasteiger partial charge >= 0.3 is 5.97 Å². The number of para-hydroxylation sites is 2. The van der Waals surface area contributed by atoms with Crippen LogP contribution in [0.25, 0.3) is 0 Å². The summed E-state index contributed by atoms with van der Waals surface area (Å²) >= 11 is 0. The molecule has 5 rings (SSSR count). The van der Waals surface area contributed by atoms with Crippen LogP contribution in [-0.2, 0) is 9.59 Å². The Hall–Kier alpha value is -4.46. The number of fused-ring (bicyclic) bond motifs is 1. The molecule has 176 valence electrons. The van der Waals surface area contributed by atoms with E-state index in [-0.39, 0.29) is 36.4 Å². The summed E-state index contributed by atoms with van der Waals surface area (Å²) in [7, 11) is 1.53. The van der Waals surface area contributed by atoms with Crippen LogP contribution in [0.5, 0.6) is 11.5 Å². The third-order valence-electron chi connectivity index (χ3n) is 6.26. The molecule has 2 aliphatic heterocycles. The summed E-state index contributed by atoms with van der Waals surface area (Å²) in [4.78, 5) is 53.7. The van der Waals surface area contributed by atoms with Gasteiger partial charge in [0.1, 0.15) is 11.5 Å². The molecule has 3 aromatic carbocycles. The number of aryl methyl sites for hydroxylation is 1. The topological polar surface area (TPSA) is 93.2 Å². The highest BCUT2D eigenvalue weighted by Crippen LogP contribution is 2.35. The van der Waals surface area contributed by atoms with E-state index in [1.807, 2.05) is 6.07 Å². The van der Waals surface area contributed by atoms with Crippen molar-refractivity contribution in [3.8, 4) is 11.5 Å². The fourth-order valence-corrected chi connectivity index (χ4v) is 4.50. The number of benzene rings is 3. The number of rotatable bonds is 5. The lowest BCUT2D eigenvalue weighted by Crippen LogP contribution is -2.30. The Morgan fingerprint density at radius 2 is 1.54 bits per heavy atom. The number of methoxy groups -OCH3 is 1. The van der Waals surface area contributed by atoms with Crippen molar-refractivity contribution >= 4 is 35.1 Å². The third-order valence-corrected chi connectivity index (χ3v) is 6.26. The van der Waals surface area contributed by atoms with E-state index in [0.29, 0.717) is 33.8 Å². The number of hydrogen-bond acceptors (Lipinski definition) is 6. The number of amides is 3. The second-order valence-corrected chi connectivity index (χ2v) is 8.44. The molecule has 0 unspecified atom stereocenters. The minimum atomic E-state index is -0.636. The van der Waals surface area contributed by atoms with Crippen LogP contribution >= 0.6 is 0 Å². The van der Waals surface area contributed by atoms with Gasteiger partial charge in [-0.2, -0.15) is 0 Å². The average molecular weight is 470 g/mol. The van der Waals surface area contributed by atoms with Gasteiger partial charge in [-0.3, -0.25) is 19.2 Å². The Balaban J connectivity index is 1.31. The normalized spacial score (nSPS) is 17.1. The number of ether oxygens (including phenoxy) is 2. The van der Waals surface area contributed by atoms with Crippen molar-refractivity contribution in [3.63, 3.8) is 0 Å². The summed E-state index contributed by atoms with van der Waals surface area (Å²) in [6, 6.07) is 18.5. The molecule has 1 atom stereocenters. The summed E-state index contributed by atoms with van der Waals surface area (Å²) in [5.74, 6) is -1.30. The quantitative estimate of drug-likeness (QED) is 0.320. The molecule has 0 spiro atoms. The fourth-order valence-electron chi connectivity index (χ4n) is 4.50. The zero-order valence-electron chi connectivity index (χ0n) is 19.2. The van der Waals surface area contributed by atoms with Crippen molar-refractivity contribution < 1.29 is 28.7 Å². The van der Waals surface area contributed by atoms with Crippen LogP contribution in [-0.4, -0.2) is 37.3 Å². The van der Waals surface area contributed by atoms with Crippen molar-refractivity contribution in [3.05, 3.63) is 83.4 Å². The van der Waals surface area contributed by atoms with Gasteiger partial charge in [-0.05, 0) is 55.0 Å². The van der Waals surface area contributed by atoms with Crippen LogP contribution < -0.4 is 19.3 Å². The first-order valence-electron chi connectivity index (χ1n) is 11.1. The van der Waals surface area contributed by atoms with Crippen molar-refractivity contribution in [2.45, 2.75) is 13.3 Å². The number of nitrogens with zero attached hydrogens (tertiary/aromatic N) is 2. The number of imide groups is 1. The summed E-state index contributed by atoms with van der Waals surface area (Å²) in [6.07, 6.45) is 0.0307. The second kappa shape index (κ2) is 8.72. The second-order valence-electron chi connectivity index (χ2n) is 8.44. The lowest BCUT2D eigenvalue weighted by Gasteiger charge is -2.19. The molecule has 0 saturated carbocycles. The zero-order valence-corrected chi connectivity index (χ0v) is 19.2. The molecule has 8 nitrogen and oxygen atoms in total. The highest BCUT2D eigenvalue weighted by atomic mass is 16.5. The van der Waals surface area contributed by atoms with Gasteiger partial charge in [-0.25, -0.2) is 4.90 Å². The monoisotopic (exact) mass is 470 g/mol. The Labute approximate surface area is 201 Å². The van der Waals surface area contributed by atoms with E-state index in [1.165, 1.54) is 12.0 Å². The molecular formula is C27H22N2O6. The number of carbonyl (C=O) groups is 4. The molecule has 1 saturated heterocycles. The first-order chi connectivity index (χ1) is 16.9. The molecule has 0 N–H and O–H groups in total. The molecule has 0 radical (unpaired) electrons. The number of carbonyl (C=O) groups excluding carboxylic acids is 4. The number of anilines is 2. The zero-order chi connectivity index (χ0) is 24.7. The smallest absolute Gasteiger partial charge is 0.316 e. The number of esters is 1. The lowest BCUT2D eigenvalue weighted by molar-refractivity contribution is -0.139. The van der Waals surface area contributed by atoms with Crippen molar-refractivity contribution in [1.29, 1.82) is 0 Å². The van der Waals surface area contributed by atoms with Crippen LogP contribution in [0.4, 0.5) is 11.4 Å². The van der Waals surface area contributed by atoms with E-state index in [1.54, 1.807) is 67.6 Å². The van der Waals surface area contributed by atoms with Crippen LogP contribution in [0.3, 0.4) is 0 Å². The molecular weight excluding hydrogens is 448 g/mol. The third kappa shape index (κ3) is 3.82. The van der Waals surface area contributed by atoms with Crippen LogP contribution in [0.15, 0.2) is 66.7 Å². The molecule has 2 heterocycles. The lowest BCUT2D eigenvalue weighted by atomic mass is 10.1. The van der Waals surface area contributed by atoms with Gasteiger partial charge in [0.2, 0.25) is 5.91 Å². The molecule has 35 heavy (non-hydrogen) atoms. The molecule has 3 aromatic rings. The Morgan fingerprint density at radius 1 is 0.886 bits per heavy atom. The van der Waals surface area contributed by atoms with Crippen molar-refractivity contribution in [2.24, 2.45) is 5.92 Å². The number of hydrogen-bond donors (Lipinski definition) is 0. The fraction of sp³-hybridized carbons (Fsp3) is 0.185. The molecule has 3 amide bonds. The molecule has 0 aliphatic carbocycles. The predicted octanol–water partition coefficient (Wildman–Crippen LogP) is 3.76. The maximum atomic E-state index is 12.8. The van der Waals surface area contributed by atoms with Crippen LogP contribution in [0, 0.1) is 12.8 Å². The first kappa shape index (κ1) is 22.3. The van der Waals surface area contributed by atoms with E-state index < -0.39 is 11.9 Å². The molecule has 0 aromatic heterocycles. The molecule has 0 bridgehead atoms. The van der Waals surface area contributed by atoms with Gasteiger partial charge in [-0.15, -0.1) is 0 Å². The maximum absolute atomic E-state index is 12.8. The van der Waals surface area contributed by atoms with Crippen LogP contribution in [0.1, 0.15) is 32.7 Å². The van der Waals surface area contributed by atoms with E-state index in [2.05, 4.69) is 0 Å². The standard InChI is InChI=1S/C27H22N2O6/c1-16-13-18(11-12-21(16)29-25(31)19-7-3-4-8-20(19)26(29)32)35-27(33)17-14-24(30)28(15-17)22-9-5-6-10-23(22)34-2/h3-13,17H,14-15H2,1-2H3/t17-/m1/s1. The van der Waals surface area contributed by atoms with E-state index >= 15 is 0 Å². The van der Waals surface area contributed by atoms with E-state index in [4.69, 9.17) is 9.47 Å². The summed E-state index contributed by atoms with van der Waals surface area (Å²) in [6.45, 7) is 1.92. The van der Waals surface area contributed by atoms with E-state index in [0.717, 1.165) is 4.90 Å². The Kier molecular flexibility index (Phi) is 5.56. The molecule has 2 aliphatic rings. The van der Waals surface area contributed by atoms with E-state index in [9.17, 15) is 19.2 Å². The first-order valence-corrected chi connectivity index (χ1v) is 11.1. The summed E-state index contributed by atoms with van der Waals surface area (Å²) < 4.78 is 10.9. The summed E-state index contributed by atoms with van der Waals surface area (Å²) in [5.41, 5.74) is 2.35. The average Bonchev–Trinajstić information content (AvgIpc) is 3.37. The van der Waals surface area contributed by atoms with Crippen LogP contribution in [0.2, 0.25) is 0 Å². The van der Waals surface area contributed by atoms with Gasteiger partial charge in [0.05, 0.1) is 35.5 Å². The SMILES string of the molecule is COc1ccccc1N1C[C@H](C(=O)Oc2ccc(N3C(=O)c4ccccc4C3=O)c(C)c2)CC1=O. The predicted molar refractivity (Wildman–Crippen MR) is 128 cm³/mol. The molecule has 1 fully saturated rings. The van der Waals surface area contributed by atoms with Gasteiger partial charge in [0.15, 0.2) is 0 Å². The Morgan fingerprint density at radius 3 is 2.20 bits per heavy atom. The minimum absolute atomic E-state index is 0.0307. The maximum Gasteiger partial charge on any atom is 0.316 e. The summed E-state index contributed by atoms with van der Waals surface area (Å²) in [5, 5.41) is 0. The van der Waals surface area contributed by atoms with Gasteiger partial charge in [0, 0.05) is 13.0 Å². The van der Waals surface area contributed by atoms with Gasteiger partial charge in [0.25, 0.3) is 11.8 Å². The highest BCUT2D eigenvalue weighted by Gasteiger charge is 2.38. The highest BCUT2D eigenvalue weighted by molar-refractivity contribution is 6.34. The minimum Gasteiger partial charge on any atom is -0.495 e. The van der Waals surface area contributed by atoms with Crippen molar-refractivity contribution in [1.82, 2.24) is 0 Å². The Bertz CT molecular complexity index is 1350. The van der Waals surface area contributed by atoms with Gasteiger partial charge in [-0.1, -0.05) is 24.3 Å². The largest absolute Gasteiger partial charge is 0.495 e.